The molecule has 0 aliphatic rings. The largest absolute Gasteiger partial charge is 0.294 e. The second-order valence-corrected chi connectivity index (χ2v) is 7.03. The van der Waals surface area contributed by atoms with E-state index in [0.29, 0.717) is 0 Å². The molecule has 0 fully saturated rings. The maximum atomic E-state index is 2.46. The van der Waals surface area contributed by atoms with Crippen molar-refractivity contribution in [2.45, 2.75) is 13.8 Å². The fraction of sp³-hybridized carbons (Fsp3) is 0.571. The van der Waals surface area contributed by atoms with Crippen LogP contribution in [0.25, 0.3) is 0 Å². The summed E-state index contributed by atoms with van der Waals surface area (Å²) in [6, 6.07) is 10.8. The van der Waals surface area contributed by atoms with Crippen molar-refractivity contribution in [3.8, 4) is 0 Å². The lowest BCUT2D eigenvalue weighted by Crippen LogP contribution is -2.36. The van der Waals surface area contributed by atoms with Crippen LogP contribution in [0.1, 0.15) is 13.8 Å². The van der Waals surface area contributed by atoms with E-state index >= 15 is 0 Å². The van der Waals surface area contributed by atoms with Crippen molar-refractivity contribution in [2.24, 2.45) is 0 Å². The highest BCUT2D eigenvalue weighted by Gasteiger charge is 2.21. The maximum Gasteiger partial charge on any atom is 0.0730 e. The van der Waals surface area contributed by atoms with E-state index in [1.165, 1.54) is 5.30 Å². The standard InChI is InChI=1S/C14H26N3P/c1-6-15(3)13-17(5)18(16(4)7-2)14-11-9-8-10-12-14/h8-12H,6-7,13H2,1-5H3. The topological polar surface area (TPSA) is 9.72 Å². The van der Waals surface area contributed by atoms with Gasteiger partial charge in [0.15, 0.2) is 0 Å². The van der Waals surface area contributed by atoms with Crippen molar-refractivity contribution in [3.63, 3.8) is 0 Å². The van der Waals surface area contributed by atoms with Crippen molar-refractivity contribution in [1.29, 1.82) is 0 Å². The molecule has 0 bridgehead atoms. The Morgan fingerprint density at radius 3 is 2.00 bits per heavy atom. The molecule has 0 radical (unpaired) electrons. The molecule has 0 aromatic heterocycles. The van der Waals surface area contributed by atoms with Gasteiger partial charge in [0.1, 0.15) is 0 Å². The van der Waals surface area contributed by atoms with E-state index in [9.17, 15) is 0 Å². The summed E-state index contributed by atoms with van der Waals surface area (Å²) >= 11 is 0. The van der Waals surface area contributed by atoms with Gasteiger partial charge in [0.2, 0.25) is 0 Å². The van der Waals surface area contributed by atoms with Gasteiger partial charge in [-0.25, -0.2) is 0 Å². The molecule has 0 saturated carbocycles. The lowest BCUT2D eigenvalue weighted by molar-refractivity contribution is 0.264. The number of benzene rings is 1. The van der Waals surface area contributed by atoms with Crippen molar-refractivity contribution >= 4 is 13.5 Å². The molecule has 0 spiro atoms. The van der Waals surface area contributed by atoms with Crippen LogP contribution in [0.3, 0.4) is 0 Å². The Labute approximate surface area is 113 Å². The predicted octanol–water partition coefficient (Wildman–Crippen LogP) is 2.42. The van der Waals surface area contributed by atoms with Crippen LogP contribution in [-0.2, 0) is 0 Å². The number of hydrogen-bond acceptors (Lipinski definition) is 3. The van der Waals surface area contributed by atoms with Gasteiger partial charge in [-0.15, -0.1) is 0 Å². The molecule has 1 atom stereocenters. The summed E-state index contributed by atoms with van der Waals surface area (Å²) in [7, 11) is 6.20. The SMILES string of the molecule is CCN(C)CN(C)P(c1ccccc1)N(C)CC. The minimum atomic E-state index is -0.392. The first kappa shape index (κ1) is 15.6. The van der Waals surface area contributed by atoms with Crippen LogP contribution in [0.5, 0.6) is 0 Å². The zero-order valence-electron chi connectivity index (χ0n) is 12.3. The van der Waals surface area contributed by atoms with E-state index in [0.717, 1.165) is 19.8 Å². The minimum absolute atomic E-state index is 0.392. The Kier molecular flexibility index (Phi) is 6.80. The maximum absolute atomic E-state index is 2.46. The van der Waals surface area contributed by atoms with E-state index in [1.54, 1.807) is 0 Å². The smallest absolute Gasteiger partial charge is 0.0730 e. The Bertz CT molecular complexity index is 331. The lowest BCUT2D eigenvalue weighted by Gasteiger charge is -2.36. The van der Waals surface area contributed by atoms with E-state index in [4.69, 9.17) is 0 Å². The number of nitrogens with zero attached hydrogens (tertiary/aromatic N) is 3. The molecule has 18 heavy (non-hydrogen) atoms. The van der Waals surface area contributed by atoms with Gasteiger partial charge >= 0.3 is 0 Å². The molecular weight excluding hydrogens is 241 g/mol. The summed E-state index contributed by atoms with van der Waals surface area (Å²) in [6.07, 6.45) is 0. The van der Waals surface area contributed by atoms with Crippen molar-refractivity contribution < 1.29 is 0 Å². The molecule has 1 unspecified atom stereocenters. The van der Waals surface area contributed by atoms with Crippen LogP contribution in [0, 0.1) is 0 Å². The summed E-state index contributed by atoms with van der Waals surface area (Å²) in [5.74, 6) is 0. The summed E-state index contributed by atoms with van der Waals surface area (Å²) in [6.45, 7) is 7.57. The van der Waals surface area contributed by atoms with Crippen molar-refractivity contribution in [2.75, 3.05) is 40.9 Å². The fourth-order valence-electron chi connectivity index (χ4n) is 1.86. The Hall–Kier alpha value is -0.470. The highest BCUT2D eigenvalue weighted by atomic mass is 31.1. The molecule has 0 heterocycles. The van der Waals surface area contributed by atoms with E-state index in [2.05, 4.69) is 79.6 Å². The van der Waals surface area contributed by atoms with E-state index < -0.39 is 8.22 Å². The van der Waals surface area contributed by atoms with Crippen LogP contribution in [0.15, 0.2) is 30.3 Å². The Morgan fingerprint density at radius 2 is 1.50 bits per heavy atom. The zero-order valence-corrected chi connectivity index (χ0v) is 13.2. The third kappa shape index (κ3) is 4.33. The molecule has 0 saturated heterocycles. The molecule has 3 nitrogen and oxygen atoms in total. The average Bonchev–Trinajstić information content (AvgIpc) is 2.39. The van der Waals surface area contributed by atoms with Gasteiger partial charge < -0.3 is 0 Å². The Balaban J connectivity index is 2.85. The summed E-state index contributed by atoms with van der Waals surface area (Å²) in [5.41, 5.74) is 0. The summed E-state index contributed by atoms with van der Waals surface area (Å²) in [4.78, 5) is 2.34. The van der Waals surface area contributed by atoms with Gasteiger partial charge in [-0.3, -0.25) is 14.2 Å². The fourth-order valence-corrected chi connectivity index (χ4v) is 4.21. The molecule has 102 valence electrons. The third-order valence-corrected chi connectivity index (χ3v) is 5.54. The van der Waals surface area contributed by atoms with Crippen LogP contribution < -0.4 is 5.30 Å². The third-order valence-electron chi connectivity index (χ3n) is 3.08. The van der Waals surface area contributed by atoms with Crippen molar-refractivity contribution in [1.82, 2.24) is 14.2 Å². The molecule has 1 rings (SSSR count). The molecule has 0 amide bonds. The van der Waals surface area contributed by atoms with Crippen LogP contribution in [0.2, 0.25) is 0 Å². The van der Waals surface area contributed by atoms with Gasteiger partial charge in [0.25, 0.3) is 0 Å². The summed E-state index contributed by atoms with van der Waals surface area (Å²) < 4.78 is 4.89. The predicted molar refractivity (Wildman–Crippen MR) is 82.2 cm³/mol. The lowest BCUT2D eigenvalue weighted by atomic mass is 10.4. The van der Waals surface area contributed by atoms with E-state index in [1.807, 2.05) is 0 Å². The van der Waals surface area contributed by atoms with Crippen molar-refractivity contribution in [3.05, 3.63) is 30.3 Å². The average molecular weight is 267 g/mol. The minimum Gasteiger partial charge on any atom is -0.294 e. The second-order valence-electron chi connectivity index (χ2n) is 4.57. The molecule has 4 heteroatoms. The second kappa shape index (κ2) is 7.85. The zero-order chi connectivity index (χ0) is 13.5. The van der Waals surface area contributed by atoms with Crippen LogP contribution in [-0.4, -0.2) is 55.1 Å². The van der Waals surface area contributed by atoms with Gasteiger partial charge in [0.05, 0.1) is 14.9 Å². The van der Waals surface area contributed by atoms with Gasteiger partial charge in [0, 0.05) is 11.8 Å². The van der Waals surface area contributed by atoms with Gasteiger partial charge in [-0.2, -0.15) is 0 Å². The van der Waals surface area contributed by atoms with Gasteiger partial charge in [-0.05, 0) is 27.7 Å². The normalized spacial score (nSPS) is 13.6. The van der Waals surface area contributed by atoms with E-state index in [-0.39, 0.29) is 0 Å². The highest BCUT2D eigenvalue weighted by Crippen LogP contribution is 2.40. The monoisotopic (exact) mass is 267 g/mol. The van der Waals surface area contributed by atoms with Crippen LogP contribution in [0.4, 0.5) is 0 Å². The van der Waals surface area contributed by atoms with Gasteiger partial charge in [-0.1, -0.05) is 44.2 Å². The first-order valence-electron chi connectivity index (χ1n) is 6.56. The van der Waals surface area contributed by atoms with Crippen LogP contribution >= 0.6 is 8.22 Å². The first-order chi connectivity index (χ1) is 8.60. The highest BCUT2D eigenvalue weighted by molar-refractivity contribution is 7.60. The Morgan fingerprint density at radius 1 is 0.889 bits per heavy atom. The first-order valence-corrected chi connectivity index (χ1v) is 7.80. The molecule has 0 N–H and O–H groups in total. The number of hydrogen-bond donors (Lipinski definition) is 0. The molecule has 0 aliphatic heterocycles. The quantitative estimate of drug-likeness (QED) is 0.555. The molecular formula is C14H26N3P. The summed E-state index contributed by atoms with van der Waals surface area (Å²) in [5, 5.41) is 1.42. The number of rotatable bonds is 7. The molecule has 1 aromatic carbocycles. The molecule has 1 aromatic rings. The molecule has 0 aliphatic carbocycles.